The first-order chi connectivity index (χ1) is 13.9. The van der Waals surface area contributed by atoms with Crippen LogP contribution >= 0.6 is 35.7 Å². The smallest absolute Gasteiger partial charge is 0.379 e. The Balaban J connectivity index is 0.00000320. The largest absolute Gasteiger partial charge is 0.403 e. The first-order valence-electron chi connectivity index (χ1n) is 10.6. The Kier molecular flexibility index (Phi) is 10.3. The van der Waals surface area contributed by atoms with Crippen molar-refractivity contribution in [1.29, 1.82) is 0 Å². The lowest BCUT2D eigenvalue weighted by Crippen LogP contribution is -2.58. The van der Waals surface area contributed by atoms with Gasteiger partial charge < -0.3 is 15.0 Å². The standard InChI is InChI=1S/C19H34F3N5OS.HI/c1-3-23-17(26-7-5-25(6-8-26)16(2)19(20,21)22)24-14-18(4-13-29-15-18)27-9-11-28-12-10-27;/h16H,3-15H2,1-2H3,(H,23,24);1H. The van der Waals surface area contributed by atoms with Gasteiger partial charge in [-0.25, -0.2) is 0 Å². The molecule has 2 atom stereocenters. The number of nitrogens with one attached hydrogen (secondary N) is 1. The molecular formula is C19H35F3IN5OS. The van der Waals surface area contributed by atoms with Crippen LogP contribution in [0.3, 0.4) is 0 Å². The van der Waals surface area contributed by atoms with Crippen LogP contribution in [0.4, 0.5) is 13.2 Å². The summed E-state index contributed by atoms with van der Waals surface area (Å²) < 4.78 is 44.6. The zero-order chi connectivity index (χ0) is 20.9. The summed E-state index contributed by atoms with van der Waals surface area (Å²) in [7, 11) is 0. The Morgan fingerprint density at radius 3 is 2.37 bits per heavy atom. The maximum Gasteiger partial charge on any atom is 0.403 e. The molecule has 0 aromatic rings. The Labute approximate surface area is 199 Å². The molecule has 6 nitrogen and oxygen atoms in total. The monoisotopic (exact) mass is 565 g/mol. The molecule has 3 heterocycles. The Bertz CT molecular complexity index is 549. The molecular weight excluding hydrogens is 530 g/mol. The molecule has 0 bridgehead atoms. The SMILES string of the molecule is CCNC(=NCC1(N2CCOCC2)CCSC1)N1CCN(C(C)C(F)(F)F)CC1.I. The molecule has 0 aromatic carbocycles. The summed E-state index contributed by atoms with van der Waals surface area (Å²) in [6, 6.07) is -1.40. The van der Waals surface area contributed by atoms with E-state index in [1.165, 1.54) is 11.8 Å². The number of aliphatic imine (C=N–C) groups is 1. The topological polar surface area (TPSA) is 43.3 Å². The zero-order valence-corrected chi connectivity index (χ0v) is 21.1. The van der Waals surface area contributed by atoms with Gasteiger partial charge in [0.1, 0.15) is 6.04 Å². The first kappa shape index (κ1) is 26.3. The quantitative estimate of drug-likeness (QED) is 0.314. The predicted molar refractivity (Wildman–Crippen MR) is 127 cm³/mol. The van der Waals surface area contributed by atoms with Gasteiger partial charge in [0.2, 0.25) is 0 Å². The molecule has 0 spiro atoms. The molecule has 2 unspecified atom stereocenters. The highest BCUT2D eigenvalue weighted by atomic mass is 127. The molecule has 1 N–H and O–H groups in total. The second-order valence-corrected chi connectivity index (χ2v) is 9.14. The number of alkyl halides is 3. The normalized spacial score (nSPS) is 28.3. The highest BCUT2D eigenvalue weighted by Gasteiger charge is 2.42. The van der Waals surface area contributed by atoms with E-state index in [0.29, 0.717) is 26.2 Å². The van der Waals surface area contributed by atoms with Crippen molar-refractivity contribution in [3.05, 3.63) is 0 Å². The van der Waals surface area contributed by atoms with E-state index in [-0.39, 0.29) is 29.5 Å². The Morgan fingerprint density at radius 1 is 1.17 bits per heavy atom. The maximum atomic E-state index is 13.0. The summed E-state index contributed by atoms with van der Waals surface area (Å²) in [5, 5.41) is 3.36. The summed E-state index contributed by atoms with van der Waals surface area (Å²) in [6.07, 6.45) is -3.05. The van der Waals surface area contributed by atoms with Gasteiger partial charge in [0.15, 0.2) is 5.96 Å². The van der Waals surface area contributed by atoms with Gasteiger partial charge in [0, 0.05) is 51.6 Å². The molecule has 0 aliphatic carbocycles. The predicted octanol–water partition coefficient (Wildman–Crippen LogP) is 2.35. The minimum absolute atomic E-state index is 0. The summed E-state index contributed by atoms with van der Waals surface area (Å²) in [6.45, 7) is 10.1. The van der Waals surface area contributed by atoms with Gasteiger partial charge >= 0.3 is 6.18 Å². The van der Waals surface area contributed by atoms with E-state index in [2.05, 4.69) is 15.1 Å². The molecule has 3 saturated heterocycles. The molecule has 3 aliphatic rings. The van der Waals surface area contributed by atoms with Crippen molar-refractivity contribution in [2.75, 3.05) is 77.1 Å². The molecule has 0 radical (unpaired) electrons. The summed E-state index contributed by atoms with van der Waals surface area (Å²) in [5.74, 6) is 3.06. The van der Waals surface area contributed by atoms with Gasteiger partial charge in [-0.05, 0) is 26.0 Å². The number of nitrogens with zero attached hydrogens (tertiary/aromatic N) is 4. The fourth-order valence-corrected chi connectivity index (χ4v) is 5.75. The van der Waals surface area contributed by atoms with E-state index in [4.69, 9.17) is 9.73 Å². The van der Waals surface area contributed by atoms with Crippen LogP contribution in [0.2, 0.25) is 0 Å². The third kappa shape index (κ3) is 6.52. The second-order valence-electron chi connectivity index (χ2n) is 8.04. The molecule has 3 aliphatic heterocycles. The number of piperazine rings is 1. The highest BCUT2D eigenvalue weighted by Crippen LogP contribution is 2.34. The summed E-state index contributed by atoms with van der Waals surface area (Å²) in [5.41, 5.74) is 0.0712. The molecule has 30 heavy (non-hydrogen) atoms. The van der Waals surface area contributed by atoms with E-state index < -0.39 is 12.2 Å². The lowest BCUT2D eigenvalue weighted by Gasteiger charge is -2.43. The van der Waals surface area contributed by atoms with Crippen LogP contribution in [0.25, 0.3) is 0 Å². The van der Waals surface area contributed by atoms with Gasteiger partial charge in [-0.2, -0.15) is 24.9 Å². The maximum absolute atomic E-state index is 13.0. The van der Waals surface area contributed by atoms with Crippen LogP contribution in [0.5, 0.6) is 0 Å². The van der Waals surface area contributed by atoms with E-state index in [1.807, 2.05) is 18.7 Å². The molecule has 0 aromatic heterocycles. The average Bonchev–Trinajstić information content (AvgIpc) is 3.21. The average molecular weight is 565 g/mol. The number of hydrogen-bond donors (Lipinski definition) is 1. The summed E-state index contributed by atoms with van der Waals surface area (Å²) in [4.78, 5) is 11.1. The van der Waals surface area contributed by atoms with E-state index in [1.54, 1.807) is 0 Å². The minimum Gasteiger partial charge on any atom is -0.379 e. The number of ether oxygens (including phenoxy) is 1. The van der Waals surface area contributed by atoms with Crippen molar-refractivity contribution in [3.8, 4) is 0 Å². The van der Waals surface area contributed by atoms with E-state index >= 15 is 0 Å². The zero-order valence-electron chi connectivity index (χ0n) is 17.9. The van der Waals surface area contributed by atoms with Crippen molar-refractivity contribution < 1.29 is 17.9 Å². The molecule has 0 saturated carbocycles. The molecule has 3 rings (SSSR count). The second kappa shape index (κ2) is 11.8. The molecule has 3 fully saturated rings. The first-order valence-corrected chi connectivity index (χ1v) is 11.8. The third-order valence-electron chi connectivity index (χ3n) is 6.26. The van der Waals surface area contributed by atoms with Crippen LogP contribution < -0.4 is 5.32 Å². The van der Waals surface area contributed by atoms with Crippen LogP contribution in [-0.2, 0) is 4.74 Å². The van der Waals surface area contributed by atoms with Crippen LogP contribution in [0.1, 0.15) is 20.3 Å². The van der Waals surface area contributed by atoms with Crippen molar-refractivity contribution in [3.63, 3.8) is 0 Å². The number of rotatable bonds is 5. The van der Waals surface area contributed by atoms with Gasteiger partial charge in [0.25, 0.3) is 0 Å². The van der Waals surface area contributed by atoms with Gasteiger partial charge in [-0.3, -0.25) is 14.8 Å². The number of guanidine groups is 1. The number of thioether (sulfide) groups is 1. The van der Waals surface area contributed by atoms with Gasteiger partial charge in [0.05, 0.1) is 25.3 Å². The fourth-order valence-electron chi connectivity index (χ4n) is 4.28. The number of morpholine rings is 1. The minimum atomic E-state index is -4.18. The van der Waals surface area contributed by atoms with Crippen LogP contribution in [0.15, 0.2) is 4.99 Å². The molecule has 0 amide bonds. The van der Waals surface area contributed by atoms with E-state index in [9.17, 15) is 13.2 Å². The lowest BCUT2D eigenvalue weighted by molar-refractivity contribution is -0.181. The van der Waals surface area contributed by atoms with E-state index in [0.717, 1.165) is 63.3 Å². The molecule has 11 heteroatoms. The van der Waals surface area contributed by atoms with Crippen molar-refractivity contribution in [2.24, 2.45) is 4.99 Å². The third-order valence-corrected chi connectivity index (χ3v) is 7.49. The summed E-state index contributed by atoms with van der Waals surface area (Å²) >= 11 is 1.98. The van der Waals surface area contributed by atoms with Crippen molar-refractivity contribution >= 4 is 41.7 Å². The number of halogens is 4. The van der Waals surface area contributed by atoms with Crippen molar-refractivity contribution in [2.45, 2.75) is 38.0 Å². The Hall–Kier alpha value is 0.0200. The molecule has 176 valence electrons. The highest BCUT2D eigenvalue weighted by molar-refractivity contribution is 14.0. The Morgan fingerprint density at radius 2 is 1.83 bits per heavy atom. The fraction of sp³-hybridized carbons (Fsp3) is 0.947. The van der Waals surface area contributed by atoms with Crippen LogP contribution in [0, 0.1) is 0 Å². The van der Waals surface area contributed by atoms with Gasteiger partial charge in [-0.1, -0.05) is 0 Å². The van der Waals surface area contributed by atoms with Crippen molar-refractivity contribution in [1.82, 2.24) is 20.0 Å². The lowest BCUT2D eigenvalue weighted by atomic mass is 9.96. The van der Waals surface area contributed by atoms with Crippen LogP contribution in [-0.4, -0.2) is 115 Å². The van der Waals surface area contributed by atoms with Gasteiger partial charge in [-0.15, -0.1) is 24.0 Å². The number of hydrogen-bond acceptors (Lipinski definition) is 5.